The van der Waals surface area contributed by atoms with E-state index < -0.39 is 0 Å². The monoisotopic (exact) mass is 377 g/mol. The van der Waals surface area contributed by atoms with Crippen LogP contribution >= 0.6 is 31.9 Å². The molecule has 1 fully saturated rings. The first-order valence-electron chi connectivity index (χ1n) is 6.44. The quantitative estimate of drug-likeness (QED) is 0.669. The first kappa shape index (κ1) is 14.5. The maximum absolute atomic E-state index is 13.4. The topological polar surface area (TPSA) is 3.24 Å². The standard InChI is InChI=1S/C14H18Br2FN/c15-5-6-18(14-3-1-2-4-14)10-11-7-12(16)9-13(17)8-11/h7-9,14H,1-6,10H2. The van der Waals surface area contributed by atoms with Crippen LogP contribution in [-0.4, -0.2) is 22.8 Å². The molecule has 0 spiro atoms. The van der Waals surface area contributed by atoms with E-state index in [0.29, 0.717) is 6.04 Å². The molecule has 0 heterocycles. The van der Waals surface area contributed by atoms with Crippen molar-refractivity contribution in [1.82, 2.24) is 4.90 Å². The Balaban J connectivity index is 2.07. The molecule has 0 amide bonds. The lowest BCUT2D eigenvalue weighted by atomic mass is 10.1. The number of hydrogen-bond donors (Lipinski definition) is 0. The summed E-state index contributed by atoms with van der Waals surface area (Å²) in [5.41, 5.74) is 1.05. The summed E-state index contributed by atoms with van der Waals surface area (Å²) in [6.45, 7) is 1.87. The molecule has 1 saturated carbocycles. The highest BCUT2D eigenvalue weighted by Crippen LogP contribution is 2.26. The smallest absolute Gasteiger partial charge is 0.124 e. The summed E-state index contributed by atoms with van der Waals surface area (Å²) < 4.78 is 14.2. The van der Waals surface area contributed by atoms with Crippen molar-refractivity contribution < 1.29 is 4.39 Å². The maximum Gasteiger partial charge on any atom is 0.124 e. The molecular weight excluding hydrogens is 361 g/mol. The Morgan fingerprint density at radius 2 is 1.94 bits per heavy atom. The van der Waals surface area contributed by atoms with Crippen molar-refractivity contribution in [2.75, 3.05) is 11.9 Å². The number of halogens is 3. The van der Waals surface area contributed by atoms with Gasteiger partial charge < -0.3 is 0 Å². The molecule has 0 N–H and O–H groups in total. The lowest BCUT2D eigenvalue weighted by Gasteiger charge is -2.28. The van der Waals surface area contributed by atoms with Crippen LogP contribution in [0.25, 0.3) is 0 Å². The van der Waals surface area contributed by atoms with E-state index in [9.17, 15) is 4.39 Å². The first-order valence-corrected chi connectivity index (χ1v) is 8.35. The van der Waals surface area contributed by atoms with Crippen molar-refractivity contribution in [2.24, 2.45) is 0 Å². The second-order valence-corrected chi connectivity index (χ2v) is 6.58. The molecule has 0 unspecified atom stereocenters. The van der Waals surface area contributed by atoms with Gasteiger partial charge in [0.1, 0.15) is 5.82 Å². The SMILES string of the molecule is Fc1cc(Br)cc(CN(CCBr)C2CCCC2)c1. The first-order chi connectivity index (χ1) is 8.69. The van der Waals surface area contributed by atoms with E-state index in [0.717, 1.165) is 28.5 Å². The van der Waals surface area contributed by atoms with Gasteiger partial charge in [0, 0.05) is 28.9 Å². The summed E-state index contributed by atoms with van der Waals surface area (Å²) in [5, 5.41) is 0.972. The Morgan fingerprint density at radius 1 is 1.22 bits per heavy atom. The van der Waals surface area contributed by atoms with E-state index in [1.807, 2.05) is 6.07 Å². The molecular formula is C14H18Br2FN. The summed E-state index contributed by atoms with van der Waals surface area (Å²) in [6, 6.07) is 5.83. The predicted octanol–water partition coefficient (Wildman–Crippen LogP) is 4.73. The van der Waals surface area contributed by atoms with E-state index in [1.54, 1.807) is 6.07 Å². The van der Waals surface area contributed by atoms with E-state index in [4.69, 9.17) is 0 Å². The fraction of sp³-hybridized carbons (Fsp3) is 0.571. The van der Waals surface area contributed by atoms with E-state index in [2.05, 4.69) is 36.8 Å². The molecule has 18 heavy (non-hydrogen) atoms. The molecule has 100 valence electrons. The van der Waals surface area contributed by atoms with Gasteiger partial charge >= 0.3 is 0 Å². The molecule has 1 aromatic rings. The Bertz CT molecular complexity index is 371. The van der Waals surface area contributed by atoms with Crippen LogP contribution in [0.5, 0.6) is 0 Å². The Labute approximate surface area is 125 Å². The third kappa shape index (κ3) is 4.04. The normalized spacial score (nSPS) is 16.7. The minimum Gasteiger partial charge on any atom is -0.295 e. The summed E-state index contributed by atoms with van der Waals surface area (Å²) in [6.07, 6.45) is 5.22. The largest absolute Gasteiger partial charge is 0.295 e. The zero-order valence-corrected chi connectivity index (χ0v) is 13.5. The van der Waals surface area contributed by atoms with Crippen LogP contribution in [0.4, 0.5) is 4.39 Å². The Hall–Kier alpha value is 0.0700. The van der Waals surface area contributed by atoms with Gasteiger partial charge in [-0.25, -0.2) is 4.39 Å². The van der Waals surface area contributed by atoms with Crippen LogP contribution in [-0.2, 0) is 6.54 Å². The van der Waals surface area contributed by atoms with Gasteiger partial charge in [0.25, 0.3) is 0 Å². The van der Waals surface area contributed by atoms with Crippen LogP contribution < -0.4 is 0 Å². The third-order valence-electron chi connectivity index (χ3n) is 3.52. The van der Waals surface area contributed by atoms with Crippen molar-refractivity contribution in [2.45, 2.75) is 38.3 Å². The lowest BCUT2D eigenvalue weighted by molar-refractivity contribution is 0.202. The van der Waals surface area contributed by atoms with Gasteiger partial charge in [0.15, 0.2) is 0 Å². The summed E-state index contributed by atoms with van der Waals surface area (Å²) >= 11 is 6.87. The Kier molecular flexibility index (Phi) is 5.64. The molecule has 0 aliphatic heterocycles. The van der Waals surface area contributed by atoms with Gasteiger partial charge in [-0.1, -0.05) is 44.7 Å². The molecule has 0 atom stereocenters. The average molecular weight is 379 g/mol. The minimum absolute atomic E-state index is 0.162. The van der Waals surface area contributed by atoms with Crippen LogP contribution in [0, 0.1) is 5.82 Å². The molecule has 0 saturated heterocycles. The molecule has 0 aromatic heterocycles. The van der Waals surface area contributed by atoms with E-state index in [1.165, 1.54) is 31.7 Å². The summed E-state index contributed by atoms with van der Waals surface area (Å²) in [7, 11) is 0. The number of hydrogen-bond acceptors (Lipinski definition) is 1. The highest BCUT2D eigenvalue weighted by molar-refractivity contribution is 9.10. The molecule has 1 aliphatic carbocycles. The molecule has 2 rings (SSSR count). The minimum atomic E-state index is -0.162. The lowest BCUT2D eigenvalue weighted by Crippen LogP contribution is -2.34. The number of benzene rings is 1. The van der Waals surface area contributed by atoms with Crippen molar-refractivity contribution in [3.05, 3.63) is 34.1 Å². The molecule has 1 aliphatic rings. The van der Waals surface area contributed by atoms with Crippen LogP contribution in [0.15, 0.2) is 22.7 Å². The second-order valence-electron chi connectivity index (χ2n) is 4.88. The number of alkyl halides is 1. The van der Waals surface area contributed by atoms with Gasteiger partial charge in [0.2, 0.25) is 0 Å². The molecule has 4 heteroatoms. The van der Waals surface area contributed by atoms with Crippen molar-refractivity contribution in [3.63, 3.8) is 0 Å². The molecule has 0 radical (unpaired) electrons. The van der Waals surface area contributed by atoms with Gasteiger partial charge in [-0.2, -0.15) is 0 Å². The fourth-order valence-electron chi connectivity index (χ4n) is 2.71. The van der Waals surface area contributed by atoms with Crippen LogP contribution in [0.2, 0.25) is 0 Å². The fourth-order valence-corrected chi connectivity index (χ4v) is 3.67. The van der Waals surface area contributed by atoms with Gasteiger partial charge in [0.05, 0.1) is 0 Å². The third-order valence-corrected chi connectivity index (χ3v) is 4.33. The van der Waals surface area contributed by atoms with Crippen molar-refractivity contribution >= 4 is 31.9 Å². The van der Waals surface area contributed by atoms with Crippen molar-refractivity contribution in [3.8, 4) is 0 Å². The van der Waals surface area contributed by atoms with Crippen LogP contribution in [0.1, 0.15) is 31.2 Å². The van der Waals surface area contributed by atoms with Gasteiger partial charge in [-0.05, 0) is 36.6 Å². The zero-order chi connectivity index (χ0) is 13.0. The number of nitrogens with zero attached hydrogens (tertiary/aromatic N) is 1. The van der Waals surface area contributed by atoms with Gasteiger partial charge in [-0.15, -0.1) is 0 Å². The highest BCUT2D eigenvalue weighted by atomic mass is 79.9. The summed E-state index contributed by atoms with van der Waals surface area (Å²) in [5.74, 6) is -0.162. The summed E-state index contributed by atoms with van der Waals surface area (Å²) in [4.78, 5) is 2.48. The van der Waals surface area contributed by atoms with E-state index in [-0.39, 0.29) is 5.82 Å². The number of rotatable bonds is 5. The second kappa shape index (κ2) is 7.01. The Morgan fingerprint density at radius 3 is 2.56 bits per heavy atom. The zero-order valence-electron chi connectivity index (χ0n) is 10.3. The van der Waals surface area contributed by atoms with E-state index >= 15 is 0 Å². The van der Waals surface area contributed by atoms with Crippen molar-refractivity contribution in [1.29, 1.82) is 0 Å². The molecule has 0 bridgehead atoms. The van der Waals surface area contributed by atoms with Crippen LogP contribution in [0.3, 0.4) is 0 Å². The van der Waals surface area contributed by atoms with Gasteiger partial charge in [-0.3, -0.25) is 4.90 Å². The molecule has 1 nitrogen and oxygen atoms in total. The molecule has 1 aromatic carbocycles. The maximum atomic E-state index is 13.4. The highest BCUT2D eigenvalue weighted by Gasteiger charge is 2.22. The predicted molar refractivity (Wildman–Crippen MR) is 80.6 cm³/mol. The average Bonchev–Trinajstić information content (AvgIpc) is 2.80.